The van der Waals surface area contributed by atoms with Crippen LogP contribution in [0.25, 0.3) is 16.7 Å². The minimum Gasteiger partial charge on any atom is -0.497 e. The maximum absolute atomic E-state index is 14.3. The number of fused-ring (bicyclic) bond motifs is 1. The number of nitrogens with zero attached hydrogens (tertiary/aromatic N) is 2. The molecule has 3 rings (SSSR count). The second kappa shape index (κ2) is 5.37. The first-order valence-electron chi connectivity index (χ1n) is 6.52. The summed E-state index contributed by atoms with van der Waals surface area (Å²) in [5, 5.41) is 0. The SMILES string of the molecule is COc1ccc2c(c1)nc(CCl)n2-c1c(C)cccc1F. The molecular formula is C16H14ClFN2O. The van der Waals surface area contributed by atoms with E-state index in [0.29, 0.717) is 17.3 Å². The number of para-hydroxylation sites is 1. The average molecular weight is 305 g/mol. The molecule has 0 N–H and O–H groups in total. The van der Waals surface area contributed by atoms with E-state index in [2.05, 4.69) is 4.98 Å². The molecule has 0 radical (unpaired) electrons. The molecule has 21 heavy (non-hydrogen) atoms. The number of methoxy groups -OCH3 is 1. The predicted octanol–water partition coefficient (Wildman–Crippen LogP) is 4.22. The molecule has 3 nitrogen and oxygen atoms in total. The summed E-state index contributed by atoms with van der Waals surface area (Å²) in [6, 6.07) is 10.5. The minimum atomic E-state index is -0.295. The molecule has 5 heteroatoms. The maximum Gasteiger partial charge on any atom is 0.147 e. The number of imidazole rings is 1. The quantitative estimate of drug-likeness (QED) is 0.677. The zero-order chi connectivity index (χ0) is 15.0. The number of aryl methyl sites for hydroxylation is 1. The van der Waals surface area contributed by atoms with Crippen molar-refractivity contribution in [3.8, 4) is 11.4 Å². The van der Waals surface area contributed by atoms with Gasteiger partial charge in [-0.2, -0.15) is 0 Å². The van der Waals surface area contributed by atoms with Crippen molar-refractivity contribution in [2.24, 2.45) is 0 Å². The third-order valence-electron chi connectivity index (χ3n) is 3.46. The lowest BCUT2D eigenvalue weighted by Crippen LogP contribution is -2.04. The van der Waals surface area contributed by atoms with Crippen LogP contribution in [0.5, 0.6) is 5.75 Å². The fourth-order valence-electron chi connectivity index (χ4n) is 2.48. The Kier molecular flexibility index (Phi) is 3.55. The molecule has 0 atom stereocenters. The summed E-state index contributed by atoms with van der Waals surface area (Å²) < 4.78 is 21.3. The van der Waals surface area contributed by atoms with E-state index in [0.717, 1.165) is 16.6 Å². The molecule has 0 saturated heterocycles. The van der Waals surface area contributed by atoms with Gasteiger partial charge < -0.3 is 4.74 Å². The molecule has 0 aliphatic heterocycles. The van der Waals surface area contributed by atoms with Gasteiger partial charge in [0, 0.05) is 6.07 Å². The molecule has 0 saturated carbocycles. The van der Waals surface area contributed by atoms with Gasteiger partial charge in [-0.3, -0.25) is 4.57 Å². The van der Waals surface area contributed by atoms with E-state index in [4.69, 9.17) is 16.3 Å². The maximum atomic E-state index is 14.3. The van der Waals surface area contributed by atoms with E-state index < -0.39 is 0 Å². The summed E-state index contributed by atoms with van der Waals surface area (Å²) in [7, 11) is 1.60. The summed E-state index contributed by atoms with van der Waals surface area (Å²) in [5.74, 6) is 1.22. The van der Waals surface area contributed by atoms with Crippen molar-refractivity contribution in [3.63, 3.8) is 0 Å². The highest BCUT2D eigenvalue weighted by molar-refractivity contribution is 6.17. The Labute approximate surface area is 126 Å². The minimum absolute atomic E-state index is 0.199. The molecule has 0 bridgehead atoms. The van der Waals surface area contributed by atoms with Gasteiger partial charge in [-0.1, -0.05) is 12.1 Å². The molecule has 0 spiro atoms. The highest BCUT2D eigenvalue weighted by Gasteiger charge is 2.17. The fourth-order valence-corrected chi connectivity index (χ4v) is 2.66. The van der Waals surface area contributed by atoms with Gasteiger partial charge in [-0.05, 0) is 30.7 Å². The highest BCUT2D eigenvalue weighted by Crippen LogP contribution is 2.28. The molecule has 108 valence electrons. The molecule has 0 amide bonds. The van der Waals surface area contributed by atoms with E-state index in [1.165, 1.54) is 6.07 Å². The van der Waals surface area contributed by atoms with Crippen LogP contribution in [0.15, 0.2) is 36.4 Å². The monoisotopic (exact) mass is 304 g/mol. The molecule has 0 fully saturated rings. The van der Waals surface area contributed by atoms with Gasteiger partial charge in [0.05, 0.1) is 29.7 Å². The van der Waals surface area contributed by atoms with Crippen molar-refractivity contribution in [2.75, 3.05) is 7.11 Å². The zero-order valence-electron chi connectivity index (χ0n) is 11.7. The first-order chi connectivity index (χ1) is 10.2. The molecular weight excluding hydrogens is 291 g/mol. The highest BCUT2D eigenvalue weighted by atomic mass is 35.5. The zero-order valence-corrected chi connectivity index (χ0v) is 12.5. The average Bonchev–Trinajstić information content (AvgIpc) is 2.84. The Morgan fingerprint density at radius 2 is 2.10 bits per heavy atom. The number of ether oxygens (including phenoxy) is 1. The van der Waals surface area contributed by atoms with E-state index in [9.17, 15) is 4.39 Å². The molecule has 0 aliphatic carbocycles. The van der Waals surface area contributed by atoms with Crippen LogP contribution in [0.1, 0.15) is 11.4 Å². The number of aromatic nitrogens is 2. The summed E-state index contributed by atoms with van der Waals surface area (Å²) in [6.07, 6.45) is 0. The number of hydrogen-bond acceptors (Lipinski definition) is 2. The summed E-state index contributed by atoms with van der Waals surface area (Å²) in [5.41, 5.74) is 2.85. The van der Waals surface area contributed by atoms with Gasteiger partial charge in [0.15, 0.2) is 0 Å². The lowest BCUT2D eigenvalue weighted by molar-refractivity contribution is 0.415. The van der Waals surface area contributed by atoms with Crippen LogP contribution in [-0.4, -0.2) is 16.7 Å². The van der Waals surface area contributed by atoms with Crippen LogP contribution < -0.4 is 4.74 Å². The summed E-state index contributed by atoms with van der Waals surface area (Å²) >= 11 is 5.99. The van der Waals surface area contributed by atoms with Crippen LogP contribution in [0, 0.1) is 12.7 Å². The standard InChI is InChI=1S/C16H14ClFN2O/c1-10-4-3-5-12(18)16(10)20-14-7-6-11(21-2)8-13(14)19-15(20)9-17/h3-8H,9H2,1-2H3. The topological polar surface area (TPSA) is 27.1 Å². The van der Waals surface area contributed by atoms with Crippen LogP contribution in [-0.2, 0) is 5.88 Å². The van der Waals surface area contributed by atoms with Gasteiger partial charge in [-0.15, -0.1) is 11.6 Å². The normalized spacial score (nSPS) is 11.0. The van der Waals surface area contributed by atoms with Crippen LogP contribution in [0.3, 0.4) is 0 Å². The van der Waals surface area contributed by atoms with Gasteiger partial charge in [-0.25, -0.2) is 9.37 Å². The Morgan fingerprint density at radius 3 is 2.76 bits per heavy atom. The lowest BCUT2D eigenvalue weighted by atomic mass is 10.2. The largest absolute Gasteiger partial charge is 0.497 e. The van der Waals surface area contributed by atoms with Crippen molar-refractivity contribution >= 4 is 22.6 Å². The van der Waals surface area contributed by atoms with Crippen LogP contribution in [0.2, 0.25) is 0 Å². The van der Waals surface area contributed by atoms with E-state index in [-0.39, 0.29) is 11.7 Å². The summed E-state index contributed by atoms with van der Waals surface area (Å²) in [6.45, 7) is 1.87. The molecule has 1 heterocycles. The van der Waals surface area contributed by atoms with Gasteiger partial charge in [0.2, 0.25) is 0 Å². The smallest absolute Gasteiger partial charge is 0.147 e. The summed E-state index contributed by atoms with van der Waals surface area (Å²) in [4.78, 5) is 4.48. The Morgan fingerprint density at radius 1 is 1.29 bits per heavy atom. The second-order valence-electron chi connectivity index (χ2n) is 4.76. The number of hydrogen-bond donors (Lipinski definition) is 0. The molecule has 0 aliphatic rings. The van der Waals surface area contributed by atoms with Crippen molar-refractivity contribution in [2.45, 2.75) is 12.8 Å². The number of alkyl halides is 1. The Hall–Kier alpha value is -2.07. The molecule has 2 aromatic carbocycles. The fraction of sp³-hybridized carbons (Fsp3) is 0.188. The van der Waals surface area contributed by atoms with Crippen molar-refractivity contribution in [1.29, 1.82) is 0 Å². The van der Waals surface area contributed by atoms with Crippen LogP contribution in [0.4, 0.5) is 4.39 Å². The van der Waals surface area contributed by atoms with Crippen molar-refractivity contribution in [3.05, 3.63) is 53.6 Å². The van der Waals surface area contributed by atoms with E-state index >= 15 is 0 Å². The first-order valence-corrected chi connectivity index (χ1v) is 7.06. The first kappa shape index (κ1) is 13.9. The van der Waals surface area contributed by atoms with E-state index in [1.807, 2.05) is 31.2 Å². The van der Waals surface area contributed by atoms with Crippen molar-refractivity contribution < 1.29 is 9.13 Å². The van der Waals surface area contributed by atoms with Gasteiger partial charge >= 0.3 is 0 Å². The second-order valence-corrected chi connectivity index (χ2v) is 5.02. The van der Waals surface area contributed by atoms with Gasteiger partial charge in [0.25, 0.3) is 0 Å². The predicted molar refractivity (Wildman–Crippen MR) is 81.9 cm³/mol. The Balaban J connectivity index is 2.36. The number of halogens is 2. The molecule has 3 aromatic rings. The van der Waals surface area contributed by atoms with Gasteiger partial charge in [0.1, 0.15) is 17.4 Å². The van der Waals surface area contributed by atoms with Crippen molar-refractivity contribution in [1.82, 2.24) is 9.55 Å². The Bertz CT molecular complexity index is 793. The number of benzene rings is 2. The van der Waals surface area contributed by atoms with E-state index in [1.54, 1.807) is 17.7 Å². The third-order valence-corrected chi connectivity index (χ3v) is 3.70. The third kappa shape index (κ3) is 2.25. The molecule has 0 unspecified atom stereocenters. The number of rotatable bonds is 3. The molecule has 1 aromatic heterocycles. The lowest BCUT2D eigenvalue weighted by Gasteiger charge is -2.12. The van der Waals surface area contributed by atoms with Crippen LogP contribution >= 0.6 is 11.6 Å².